The number of nitrogens with one attached hydrogen (secondary N) is 1. The van der Waals surface area contributed by atoms with Gasteiger partial charge in [0.05, 0.1) is 26.5 Å². The Labute approximate surface area is 197 Å². The topological polar surface area (TPSA) is 84.9 Å². The Morgan fingerprint density at radius 1 is 0.941 bits per heavy atom. The van der Waals surface area contributed by atoms with E-state index >= 15 is 0 Å². The van der Waals surface area contributed by atoms with Crippen molar-refractivity contribution in [3.63, 3.8) is 0 Å². The molecule has 0 aliphatic heterocycles. The van der Waals surface area contributed by atoms with E-state index in [-0.39, 0.29) is 25.6 Å². The van der Waals surface area contributed by atoms with Gasteiger partial charge in [0, 0.05) is 5.56 Å². The first kappa shape index (κ1) is 25.0. The molecule has 0 unspecified atom stereocenters. The Balaban J connectivity index is 1.59. The quantitative estimate of drug-likeness (QED) is 0.438. The summed E-state index contributed by atoms with van der Waals surface area (Å²) in [5, 5.41) is 2.72. The van der Waals surface area contributed by atoms with E-state index in [0.29, 0.717) is 26.9 Å². The van der Waals surface area contributed by atoms with Crippen LogP contribution in [0.5, 0.6) is 11.5 Å². The number of hydrogen-bond acceptors (Lipinski definition) is 5. The van der Waals surface area contributed by atoms with Crippen molar-refractivity contribution in [2.75, 3.05) is 30.8 Å². The largest absolute Gasteiger partial charge is 0.497 e. The zero-order chi connectivity index (χ0) is 24.7. The number of sulfonamides is 1. The van der Waals surface area contributed by atoms with Crippen LogP contribution in [0.2, 0.25) is 0 Å². The summed E-state index contributed by atoms with van der Waals surface area (Å²) in [4.78, 5) is 12.4. The third-order valence-electron chi connectivity index (χ3n) is 4.85. The molecule has 3 aromatic carbocycles. The van der Waals surface area contributed by atoms with Crippen LogP contribution in [0.15, 0.2) is 66.7 Å². The number of hydrogen-bond donors (Lipinski definition) is 1. The highest BCUT2D eigenvalue weighted by atomic mass is 32.2. The first-order chi connectivity index (χ1) is 16.2. The van der Waals surface area contributed by atoms with E-state index in [1.165, 1.54) is 24.3 Å². The number of nitrogens with zero attached hydrogens (tertiary/aromatic N) is 1. The zero-order valence-corrected chi connectivity index (χ0v) is 19.4. The minimum Gasteiger partial charge on any atom is -0.497 e. The van der Waals surface area contributed by atoms with Crippen molar-refractivity contribution in [3.8, 4) is 11.5 Å². The van der Waals surface area contributed by atoms with Crippen molar-refractivity contribution in [1.29, 1.82) is 0 Å². The standard InChI is InChI=1S/C24H24F2N2O5S/c1-32-19-10-12-20(13-11-19)33-15-14-27-24(29)18-8-6-17(7-9-18)16-28(34(2,30)31)23-21(25)4-3-5-22(23)26/h3-13H,14-16H2,1-2H3,(H,27,29). The summed E-state index contributed by atoms with van der Waals surface area (Å²) in [6, 6.07) is 16.2. The maximum absolute atomic E-state index is 14.2. The van der Waals surface area contributed by atoms with Gasteiger partial charge >= 0.3 is 0 Å². The Hall–Kier alpha value is -3.66. The van der Waals surface area contributed by atoms with Gasteiger partial charge in [-0.25, -0.2) is 17.2 Å². The van der Waals surface area contributed by atoms with Gasteiger partial charge in [-0.15, -0.1) is 0 Å². The van der Waals surface area contributed by atoms with E-state index < -0.39 is 27.3 Å². The molecule has 3 rings (SSSR count). The van der Waals surface area contributed by atoms with E-state index in [2.05, 4.69) is 5.32 Å². The molecule has 34 heavy (non-hydrogen) atoms. The second kappa shape index (κ2) is 11.0. The molecule has 0 atom stereocenters. The van der Waals surface area contributed by atoms with Crippen LogP contribution in [-0.4, -0.2) is 40.8 Å². The van der Waals surface area contributed by atoms with Crippen LogP contribution < -0.4 is 19.1 Å². The lowest BCUT2D eigenvalue weighted by atomic mass is 10.1. The number of methoxy groups -OCH3 is 1. The van der Waals surface area contributed by atoms with Crippen molar-refractivity contribution in [2.24, 2.45) is 0 Å². The molecular weight excluding hydrogens is 466 g/mol. The van der Waals surface area contributed by atoms with E-state index in [0.717, 1.165) is 24.5 Å². The van der Waals surface area contributed by atoms with E-state index in [1.54, 1.807) is 31.4 Å². The summed E-state index contributed by atoms with van der Waals surface area (Å²) in [6.07, 6.45) is 0.870. The van der Waals surface area contributed by atoms with Gasteiger partial charge in [-0.05, 0) is 54.1 Å². The average Bonchev–Trinajstić information content (AvgIpc) is 2.81. The molecule has 1 amide bonds. The summed E-state index contributed by atoms with van der Waals surface area (Å²) in [5.74, 6) is -0.967. The molecule has 10 heteroatoms. The summed E-state index contributed by atoms with van der Waals surface area (Å²) >= 11 is 0. The molecule has 0 heterocycles. The monoisotopic (exact) mass is 490 g/mol. The molecule has 0 bridgehead atoms. The average molecular weight is 491 g/mol. The van der Waals surface area contributed by atoms with Gasteiger partial charge in [0.25, 0.3) is 5.91 Å². The molecular formula is C24H24F2N2O5S. The van der Waals surface area contributed by atoms with Crippen molar-refractivity contribution >= 4 is 21.6 Å². The number of amides is 1. The first-order valence-electron chi connectivity index (χ1n) is 10.2. The second-order valence-corrected chi connectivity index (χ2v) is 9.22. The van der Waals surface area contributed by atoms with Crippen LogP contribution in [0.25, 0.3) is 0 Å². The predicted octanol–water partition coefficient (Wildman–Crippen LogP) is 3.75. The van der Waals surface area contributed by atoms with Crippen LogP contribution in [0.4, 0.5) is 14.5 Å². The molecule has 180 valence electrons. The zero-order valence-electron chi connectivity index (χ0n) is 18.6. The fourth-order valence-corrected chi connectivity index (χ4v) is 4.01. The van der Waals surface area contributed by atoms with E-state index in [9.17, 15) is 22.0 Å². The summed E-state index contributed by atoms with van der Waals surface area (Å²) in [7, 11) is -2.40. The molecule has 7 nitrogen and oxygen atoms in total. The van der Waals surface area contributed by atoms with Crippen LogP contribution >= 0.6 is 0 Å². The highest BCUT2D eigenvalue weighted by Gasteiger charge is 2.24. The molecule has 0 aromatic heterocycles. The number of halogens is 2. The lowest BCUT2D eigenvalue weighted by Crippen LogP contribution is -2.31. The van der Waals surface area contributed by atoms with Gasteiger partial charge in [-0.2, -0.15) is 0 Å². The Morgan fingerprint density at radius 2 is 1.53 bits per heavy atom. The molecule has 0 saturated carbocycles. The third kappa shape index (κ3) is 6.44. The molecule has 3 aromatic rings. The SMILES string of the molecule is COc1ccc(OCCNC(=O)c2ccc(CN(c3c(F)cccc3F)S(C)(=O)=O)cc2)cc1. The Bertz CT molecular complexity index is 1210. The minimum absolute atomic E-state index is 0.258. The normalized spacial score (nSPS) is 11.1. The molecule has 0 aliphatic carbocycles. The number of carbonyl (C=O) groups excluding carboxylic acids is 1. The fourth-order valence-electron chi connectivity index (χ4n) is 3.12. The van der Waals surface area contributed by atoms with Gasteiger partial charge < -0.3 is 14.8 Å². The molecule has 0 saturated heterocycles. The van der Waals surface area contributed by atoms with E-state index in [1.807, 2.05) is 0 Å². The van der Waals surface area contributed by atoms with Crippen molar-refractivity contribution in [2.45, 2.75) is 6.54 Å². The highest BCUT2D eigenvalue weighted by molar-refractivity contribution is 7.92. The number of para-hydroxylation sites is 1. The lowest BCUT2D eigenvalue weighted by molar-refractivity contribution is 0.0947. The van der Waals surface area contributed by atoms with Crippen LogP contribution in [-0.2, 0) is 16.6 Å². The Morgan fingerprint density at radius 3 is 2.09 bits per heavy atom. The Kier molecular flexibility index (Phi) is 8.06. The molecule has 0 radical (unpaired) electrons. The second-order valence-electron chi connectivity index (χ2n) is 7.32. The maximum atomic E-state index is 14.2. The molecule has 1 N–H and O–H groups in total. The van der Waals surface area contributed by atoms with Gasteiger partial charge in [-0.3, -0.25) is 9.10 Å². The van der Waals surface area contributed by atoms with Crippen LogP contribution in [0, 0.1) is 11.6 Å². The number of benzene rings is 3. The van der Waals surface area contributed by atoms with Crippen molar-refractivity contribution in [1.82, 2.24) is 5.32 Å². The summed E-state index contributed by atoms with van der Waals surface area (Å²) < 4.78 is 64.1. The lowest BCUT2D eigenvalue weighted by Gasteiger charge is -2.23. The van der Waals surface area contributed by atoms with Crippen LogP contribution in [0.3, 0.4) is 0 Å². The number of carbonyl (C=O) groups is 1. The van der Waals surface area contributed by atoms with Crippen LogP contribution in [0.1, 0.15) is 15.9 Å². The number of ether oxygens (including phenoxy) is 2. The third-order valence-corrected chi connectivity index (χ3v) is 5.96. The van der Waals surface area contributed by atoms with Gasteiger partial charge in [-0.1, -0.05) is 18.2 Å². The van der Waals surface area contributed by atoms with Gasteiger partial charge in [0.2, 0.25) is 10.0 Å². The minimum atomic E-state index is -3.98. The van der Waals surface area contributed by atoms with Gasteiger partial charge in [0.1, 0.15) is 23.8 Å². The summed E-state index contributed by atoms with van der Waals surface area (Å²) in [5.41, 5.74) is 0.146. The highest BCUT2D eigenvalue weighted by Crippen LogP contribution is 2.27. The smallest absolute Gasteiger partial charge is 0.251 e. The predicted molar refractivity (Wildman–Crippen MR) is 125 cm³/mol. The maximum Gasteiger partial charge on any atom is 0.251 e. The molecule has 0 fully saturated rings. The van der Waals surface area contributed by atoms with Gasteiger partial charge in [0.15, 0.2) is 11.6 Å². The number of anilines is 1. The van der Waals surface area contributed by atoms with E-state index in [4.69, 9.17) is 9.47 Å². The summed E-state index contributed by atoms with van der Waals surface area (Å²) in [6.45, 7) is 0.225. The van der Waals surface area contributed by atoms with Crippen molar-refractivity contribution in [3.05, 3.63) is 89.5 Å². The molecule has 0 aliphatic rings. The first-order valence-corrected chi connectivity index (χ1v) is 12.1. The fraction of sp³-hybridized carbons (Fsp3) is 0.208. The molecule has 0 spiro atoms. The number of rotatable bonds is 10. The van der Waals surface area contributed by atoms with Crippen molar-refractivity contribution < 1.29 is 31.5 Å².